The van der Waals surface area contributed by atoms with Gasteiger partial charge in [-0.15, -0.1) is 0 Å². The fourth-order valence-electron chi connectivity index (χ4n) is 1.77. The number of aliphatic carboxylic acids is 1. The highest BCUT2D eigenvalue weighted by molar-refractivity contribution is 5.82. The van der Waals surface area contributed by atoms with Crippen molar-refractivity contribution in [1.29, 1.82) is 0 Å². The van der Waals surface area contributed by atoms with Crippen LogP contribution in [0.1, 0.15) is 24.6 Å². The van der Waals surface area contributed by atoms with E-state index < -0.39 is 18.0 Å². The first-order valence-electron chi connectivity index (χ1n) is 6.09. The Kier molecular flexibility index (Phi) is 4.91. The van der Waals surface area contributed by atoms with E-state index in [1.165, 1.54) is 11.9 Å². The van der Waals surface area contributed by atoms with Gasteiger partial charge in [-0.2, -0.15) is 5.10 Å². The minimum Gasteiger partial charge on any atom is -0.480 e. The average molecular weight is 268 g/mol. The summed E-state index contributed by atoms with van der Waals surface area (Å²) in [5.74, 6) is -1.00. The first kappa shape index (κ1) is 15.0. The molecule has 0 aliphatic heterocycles. The summed E-state index contributed by atoms with van der Waals surface area (Å²) in [6.45, 7) is 3.97. The lowest BCUT2D eigenvalue weighted by Crippen LogP contribution is -2.46. The maximum atomic E-state index is 11.9. The zero-order valence-electron chi connectivity index (χ0n) is 11.7. The van der Waals surface area contributed by atoms with Crippen LogP contribution in [-0.2, 0) is 18.4 Å². The molecule has 106 valence electrons. The number of aryl methyl sites for hydroxylation is 1. The van der Waals surface area contributed by atoms with Gasteiger partial charge >= 0.3 is 12.0 Å². The highest BCUT2D eigenvalue weighted by atomic mass is 16.4. The number of carbonyl (C=O) groups is 2. The van der Waals surface area contributed by atoms with E-state index in [1.54, 1.807) is 17.8 Å². The molecule has 0 aliphatic rings. The lowest BCUT2D eigenvalue weighted by molar-refractivity contribution is -0.141. The summed E-state index contributed by atoms with van der Waals surface area (Å²) in [5.41, 5.74) is 1.88. The summed E-state index contributed by atoms with van der Waals surface area (Å²) in [7, 11) is 3.30. The molecule has 0 saturated heterocycles. The number of aromatic nitrogens is 2. The molecule has 1 aromatic heterocycles. The maximum Gasteiger partial charge on any atom is 0.326 e. The Hall–Kier alpha value is -2.05. The van der Waals surface area contributed by atoms with E-state index in [0.717, 1.165) is 11.3 Å². The topological polar surface area (TPSA) is 87.5 Å². The predicted octanol–water partition coefficient (Wildman–Crippen LogP) is 0.733. The fourth-order valence-corrected chi connectivity index (χ4v) is 1.77. The molecule has 1 atom stereocenters. The summed E-state index contributed by atoms with van der Waals surface area (Å²) >= 11 is 0. The lowest BCUT2D eigenvalue weighted by Gasteiger charge is -2.23. The van der Waals surface area contributed by atoms with Gasteiger partial charge in [0.2, 0.25) is 0 Å². The molecule has 0 spiro atoms. The van der Waals surface area contributed by atoms with Crippen molar-refractivity contribution in [1.82, 2.24) is 20.0 Å². The Morgan fingerprint density at radius 3 is 2.63 bits per heavy atom. The van der Waals surface area contributed by atoms with Gasteiger partial charge in [-0.3, -0.25) is 4.68 Å². The summed E-state index contributed by atoms with van der Waals surface area (Å²) in [4.78, 5) is 24.0. The second kappa shape index (κ2) is 6.21. The Bertz CT molecular complexity index is 470. The number of hydrogen-bond donors (Lipinski definition) is 2. The number of carboxylic acid groups (broad SMARTS) is 1. The van der Waals surface area contributed by atoms with E-state index in [-0.39, 0.29) is 0 Å². The molecule has 0 bridgehead atoms. The second-order valence-electron chi connectivity index (χ2n) is 4.41. The average Bonchev–Trinajstić information content (AvgIpc) is 2.67. The lowest BCUT2D eigenvalue weighted by atomic mass is 10.2. The van der Waals surface area contributed by atoms with Crippen molar-refractivity contribution in [2.75, 3.05) is 7.05 Å². The van der Waals surface area contributed by atoms with Crippen LogP contribution in [0.5, 0.6) is 0 Å². The second-order valence-corrected chi connectivity index (χ2v) is 4.41. The van der Waals surface area contributed by atoms with Gasteiger partial charge in [-0.1, -0.05) is 6.92 Å². The zero-order valence-corrected chi connectivity index (χ0v) is 11.7. The van der Waals surface area contributed by atoms with Gasteiger partial charge in [0.05, 0.1) is 6.20 Å². The summed E-state index contributed by atoms with van der Waals surface area (Å²) in [6, 6.07) is -1.22. The van der Waals surface area contributed by atoms with Crippen molar-refractivity contribution in [3.05, 3.63) is 17.5 Å². The van der Waals surface area contributed by atoms with E-state index >= 15 is 0 Å². The van der Waals surface area contributed by atoms with E-state index in [9.17, 15) is 9.59 Å². The van der Waals surface area contributed by atoms with Crippen LogP contribution in [-0.4, -0.2) is 44.9 Å². The van der Waals surface area contributed by atoms with E-state index in [1.807, 2.05) is 14.0 Å². The Morgan fingerprint density at radius 2 is 2.21 bits per heavy atom. The molecule has 7 nitrogen and oxygen atoms in total. The number of urea groups is 1. The summed E-state index contributed by atoms with van der Waals surface area (Å²) < 4.78 is 1.72. The molecule has 7 heteroatoms. The third kappa shape index (κ3) is 3.46. The summed E-state index contributed by atoms with van der Waals surface area (Å²) in [6.07, 6.45) is 2.05. The highest BCUT2D eigenvalue weighted by Crippen LogP contribution is 2.06. The van der Waals surface area contributed by atoms with Crippen molar-refractivity contribution in [3.63, 3.8) is 0 Å². The first-order valence-corrected chi connectivity index (χ1v) is 6.09. The van der Waals surface area contributed by atoms with E-state index in [4.69, 9.17) is 5.11 Å². The Balaban J connectivity index is 2.60. The van der Waals surface area contributed by atoms with Crippen LogP contribution in [0.15, 0.2) is 6.20 Å². The smallest absolute Gasteiger partial charge is 0.326 e. The molecule has 2 N–H and O–H groups in total. The van der Waals surface area contributed by atoms with E-state index in [0.29, 0.717) is 13.0 Å². The number of carboxylic acids is 1. The third-order valence-corrected chi connectivity index (χ3v) is 3.23. The minimum atomic E-state index is -1.00. The molecule has 0 aliphatic carbocycles. The molecule has 1 aromatic rings. The number of nitrogens with zero attached hydrogens (tertiary/aromatic N) is 3. The van der Waals surface area contributed by atoms with Crippen molar-refractivity contribution >= 4 is 12.0 Å². The molecule has 0 saturated carbocycles. The monoisotopic (exact) mass is 268 g/mol. The molecule has 1 rings (SSSR count). The number of amides is 2. The fraction of sp³-hybridized carbons (Fsp3) is 0.583. The largest absolute Gasteiger partial charge is 0.480 e. The number of rotatable bonds is 5. The van der Waals surface area contributed by atoms with Gasteiger partial charge in [0.25, 0.3) is 0 Å². The van der Waals surface area contributed by atoms with Crippen LogP contribution in [0.3, 0.4) is 0 Å². The first-order chi connectivity index (χ1) is 8.88. The van der Waals surface area contributed by atoms with Gasteiger partial charge in [0, 0.05) is 31.9 Å². The van der Waals surface area contributed by atoms with Gasteiger partial charge in [-0.25, -0.2) is 9.59 Å². The molecule has 0 fully saturated rings. The normalized spacial score (nSPS) is 12.0. The zero-order chi connectivity index (χ0) is 14.6. The number of likely N-dealkylation sites (N-methyl/N-ethyl adjacent to an activating group) is 1. The van der Waals surface area contributed by atoms with Crippen molar-refractivity contribution in [2.45, 2.75) is 32.9 Å². The van der Waals surface area contributed by atoms with Crippen molar-refractivity contribution in [2.24, 2.45) is 7.05 Å². The standard InChI is InChI=1S/C12H20N4O3/c1-5-10(11(17)18)15(3)12(19)13-6-9-7-14-16(4)8(9)2/h7,10H,5-6H2,1-4H3,(H,13,19)(H,17,18). The minimum absolute atomic E-state index is 0.332. The van der Waals surface area contributed by atoms with E-state index in [2.05, 4.69) is 10.4 Å². The molecular formula is C12H20N4O3. The molecular weight excluding hydrogens is 248 g/mol. The molecule has 1 unspecified atom stereocenters. The number of hydrogen-bond acceptors (Lipinski definition) is 3. The molecule has 0 radical (unpaired) electrons. The maximum absolute atomic E-state index is 11.9. The molecule has 19 heavy (non-hydrogen) atoms. The molecule has 0 aromatic carbocycles. The van der Waals surface area contributed by atoms with Crippen molar-refractivity contribution < 1.29 is 14.7 Å². The number of carbonyl (C=O) groups excluding carboxylic acids is 1. The van der Waals surface area contributed by atoms with Crippen LogP contribution < -0.4 is 5.32 Å². The van der Waals surface area contributed by atoms with Crippen LogP contribution in [0, 0.1) is 6.92 Å². The number of nitrogens with one attached hydrogen (secondary N) is 1. The van der Waals surface area contributed by atoms with Gasteiger partial charge in [0.15, 0.2) is 0 Å². The van der Waals surface area contributed by atoms with Crippen LogP contribution in [0.2, 0.25) is 0 Å². The SMILES string of the molecule is CCC(C(=O)O)N(C)C(=O)NCc1cnn(C)c1C. The predicted molar refractivity (Wildman–Crippen MR) is 69.7 cm³/mol. The highest BCUT2D eigenvalue weighted by Gasteiger charge is 2.24. The van der Waals surface area contributed by atoms with Gasteiger partial charge in [0.1, 0.15) is 6.04 Å². The van der Waals surface area contributed by atoms with Crippen LogP contribution >= 0.6 is 0 Å². The molecule has 2 amide bonds. The van der Waals surface area contributed by atoms with Crippen LogP contribution in [0.4, 0.5) is 4.79 Å². The third-order valence-electron chi connectivity index (χ3n) is 3.23. The Morgan fingerprint density at radius 1 is 1.58 bits per heavy atom. The van der Waals surface area contributed by atoms with Gasteiger partial charge < -0.3 is 15.3 Å². The van der Waals surface area contributed by atoms with Gasteiger partial charge in [-0.05, 0) is 13.3 Å². The Labute approximate surface area is 112 Å². The van der Waals surface area contributed by atoms with Crippen LogP contribution in [0.25, 0.3) is 0 Å². The quantitative estimate of drug-likeness (QED) is 0.824. The summed E-state index contributed by atoms with van der Waals surface area (Å²) in [5, 5.41) is 15.8. The van der Waals surface area contributed by atoms with Crippen molar-refractivity contribution in [3.8, 4) is 0 Å². The molecule has 1 heterocycles.